The number of piperidine rings is 1. The van der Waals surface area contributed by atoms with Crippen LogP contribution in [0.2, 0.25) is 0 Å². The molecule has 2 aliphatic rings. The van der Waals surface area contributed by atoms with E-state index in [1.807, 2.05) is 12.1 Å². The summed E-state index contributed by atoms with van der Waals surface area (Å²) in [6, 6.07) is 6.15. The Bertz CT molecular complexity index is 756. The predicted molar refractivity (Wildman–Crippen MR) is 123 cm³/mol. The molecule has 0 aromatic heterocycles. The molecule has 31 heavy (non-hydrogen) atoms. The van der Waals surface area contributed by atoms with E-state index in [0.29, 0.717) is 18.4 Å². The zero-order chi connectivity index (χ0) is 22.2. The van der Waals surface area contributed by atoms with Gasteiger partial charge in [-0.25, -0.2) is 4.79 Å². The lowest BCUT2D eigenvalue weighted by atomic mass is 9.77. The average molecular weight is 431 g/mol. The molecule has 1 aromatic carbocycles. The number of ether oxygens (including phenoxy) is 3. The Hall–Kier alpha value is -2.05. The lowest BCUT2D eigenvalue weighted by Gasteiger charge is -2.30. The van der Waals surface area contributed by atoms with E-state index in [9.17, 15) is 4.79 Å². The van der Waals surface area contributed by atoms with Gasteiger partial charge < -0.3 is 19.1 Å². The van der Waals surface area contributed by atoms with E-state index in [4.69, 9.17) is 14.2 Å². The first-order chi connectivity index (χ1) is 15.0. The van der Waals surface area contributed by atoms with Crippen LogP contribution in [0, 0.1) is 5.92 Å². The van der Waals surface area contributed by atoms with Gasteiger partial charge in [0.05, 0.1) is 0 Å². The van der Waals surface area contributed by atoms with Crippen molar-refractivity contribution in [2.24, 2.45) is 5.92 Å². The number of hydrogen-bond acceptors (Lipinski definition) is 6. The normalized spacial score (nSPS) is 21.4. The summed E-state index contributed by atoms with van der Waals surface area (Å²) in [4.78, 5) is 16.5. The third kappa shape index (κ3) is 6.71. The predicted octanol–water partition coefficient (Wildman–Crippen LogP) is 4.75. The van der Waals surface area contributed by atoms with Gasteiger partial charge in [-0.3, -0.25) is 4.90 Å². The van der Waals surface area contributed by atoms with Crippen molar-refractivity contribution in [3.63, 3.8) is 0 Å². The number of carbonyl (C=O) groups excluding carboxylic acids is 1. The van der Waals surface area contributed by atoms with Crippen LogP contribution in [0.25, 0.3) is 5.57 Å². The molecule has 1 aromatic rings. The molecular weight excluding hydrogens is 392 g/mol. The first-order valence-electron chi connectivity index (χ1n) is 11.6. The summed E-state index contributed by atoms with van der Waals surface area (Å²) in [5, 5.41) is 0. The topological polar surface area (TPSA) is 51.2 Å². The molecule has 1 aliphatic heterocycles. The lowest BCUT2D eigenvalue weighted by Crippen LogP contribution is -2.33. The highest BCUT2D eigenvalue weighted by Crippen LogP contribution is 2.43. The maximum absolute atomic E-state index is 11.9. The second kappa shape index (κ2) is 11.5. The number of rotatable bonds is 9. The van der Waals surface area contributed by atoms with Crippen molar-refractivity contribution in [2.75, 3.05) is 53.7 Å². The Kier molecular flexibility index (Phi) is 8.79. The zero-order valence-electron chi connectivity index (χ0n) is 19.6. The Balaban J connectivity index is 1.54. The number of benzene rings is 1. The Morgan fingerprint density at radius 2 is 1.90 bits per heavy atom. The summed E-state index contributed by atoms with van der Waals surface area (Å²) in [7, 11) is 4.17. The monoisotopic (exact) mass is 430 g/mol. The highest BCUT2D eigenvalue weighted by Gasteiger charge is 2.26. The first-order valence-corrected chi connectivity index (χ1v) is 11.6. The summed E-state index contributed by atoms with van der Waals surface area (Å²) >= 11 is 0. The number of hydrogen-bond donors (Lipinski definition) is 0. The van der Waals surface area contributed by atoms with Gasteiger partial charge in [-0.05, 0) is 75.5 Å². The smallest absolute Gasteiger partial charge is 0.457 e. The number of likely N-dealkylation sites (tertiary alicyclic amines) is 1. The minimum absolute atomic E-state index is 0.149. The van der Waals surface area contributed by atoms with Crippen LogP contribution in [0.5, 0.6) is 5.75 Å². The number of allylic oxidation sites excluding steroid dienone is 1. The minimum atomic E-state index is -0.674. The molecule has 1 unspecified atom stereocenters. The Morgan fingerprint density at radius 3 is 2.65 bits per heavy atom. The van der Waals surface area contributed by atoms with Gasteiger partial charge in [0.15, 0.2) is 0 Å². The first kappa shape index (κ1) is 23.6. The van der Waals surface area contributed by atoms with Gasteiger partial charge in [0.1, 0.15) is 12.4 Å². The third-order valence-electron chi connectivity index (χ3n) is 6.42. The van der Waals surface area contributed by atoms with Crippen molar-refractivity contribution in [3.05, 3.63) is 35.4 Å². The molecule has 0 saturated carbocycles. The molecule has 172 valence electrons. The second-order valence-electron chi connectivity index (χ2n) is 9.02. The highest BCUT2D eigenvalue weighted by atomic mass is 16.8. The van der Waals surface area contributed by atoms with Gasteiger partial charge in [0, 0.05) is 18.7 Å². The van der Waals surface area contributed by atoms with E-state index in [-0.39, 0.29) is 6.79 Å². The van der Waals surface area contributed by atoms with Crippen molar-refractivity contribution in [1.29, 1.82) is 0 Å². The molecule has 1 saturated heterocycles. The molecule has 0 bridgehead atoms. The van der Waals surface area contributed by atoms with Gasteiger partial charge in [-0.1, -0.05) is 38.5 Å². The van der Waals surface area contributed by atoms with Crippen molar-refractivity contribution in [1.82, 2.24) is 9.80 Å². The largest absolute Gasteiger partial charge is 0.511 e. The fraction of sp³-hybridized carbons (Fsp3) is 0.640. The standard InChI is InChI=1S/C25H38N2O4/c1-19-17-21(11-14-26(3)4)24-22(20(19)2)9-8-10-23(24)30-18-31-25(28)29-16-15-27-12-6-5-7-13-27/h8-10,17,19-20H,5-7,11-16,18H2,1-4H3/t19-,20?/m1/s1. The molecule has 3 rings (SSSR count). The highest BCUT2D eigenvalue weighted by molar-refractivity contribution is 5.76. The van der Waals surface area contributed by atoms with E-state index in [1.165, 1.54) is 30.4 Å². The van der Waals surface area contributed by atoms with Crippen LogP contribution >= 0.6 is 0 Å². The van der Waals surface area contributed by atoms with Crippen LogP contribution in [-0.2, 0) is 9.47 Å². The van der Waals surface area contributed by atoms with E-state index in [2.05, 4.69) is 49.9 Å². The maximum Gasteiger partial charge on any atom is 0.511 e. The van der Waals surface area contributed by atoms with Crippen LogP contribution in [0.15, 0.2) is 24.3 Å². The van der Waals surface area contributed by atoms with E-state index >= 15 is 0 Å². The number of carbonyl (C=O) groups is 1. The van der Waals surface area contributed by atoms with Crippen LogP contribution < -0.4 is 4.74 Å². The van der Waals surface area contributed by atoms with Gasteiger partial charge in [-0.2, -0.15) is 0 Å². The van der Waals surface area contributed by atoms with Crippen molar-refractivity contribution in [3.8, 4) is 5.75 Å². The molecule has 1 aliphatic carbocycles. The zero-order valence-corrected chi connectivity index (χ0v) is 19.6. The molecule has 0 amide bonds. The molecule has 1 heterocycles. The van der Waals surface area contributed by atoms with E-state index in [0.717, 1.165) is 43.9 Å². The molecule has 0 N–H and O–H groups in total. The maximum atomic E-state index is 11.9. The molecular formula is C25H38N2O4. The molecule has 6 nitrogen and oxygen atoms in total. The Labute approximate surface area is 187 Å². The van der Waals surface area contributed by atoms with Crippen molar-refractivity contribution < 1.29 is 19.0 Å². The fourth-order valence-corrected chi connectivity index (χ4v) is 4.40. The van der Waals surface area contributed by atoms with Gasteiger partial charge in [-0.15, -0.1) is 0 Å². The average Bonchev–Trinajstić information content (AvgIpc) is 2.76. The summed E-state index contributed by atoms with van der Waals surface area (Å²) in [5.41, 5.74) is 3.75. The Morgan fingerprint density at radius 1 is 1.13 bits per heavy atom. The summed E-state index contributed by atoms with van der Waals surface area (Å²) < 4.78 is 16.3. The second-order valence-corrected chi connectivity index (χ2v) is 9.02. The molecule has 0 spiro atoms. The lowest BCUT2D eigenvalue weighted by molar-refractivity contribution is 0.000609. The van der Waals surface area contributed by atoms with Crippen molar-refractivity contribution in [2.45, 2.75) is 45.4 Å². The molecule has 6 heteroatoms. The quantitative estimate of drug-likeness (QED) is 0.416. The van der Waals surface area contributed by atoms with Gasteiger partial charge in [0.2, 0.25) is 6.79 Å². The summed E-state index contributed by atoms with van der Waals surface area (Å²) in [5.74, 6) is 1.66. The fourth-order valence-electron chi connectivity index (χ4n) is 4.40. The summed E-state index contributed by atoms with van der Waals surface area (Å²) in [6.07, 6.45) is 6.39. The molecule has 2 atom stereocenters. The molecule has 1 fully saturated rings. The van der Waals surface area contributed by atoms with Crippen molar-refractivity contribution >= 4 is 11.7 Å². The number of nitrogens with zero attached hydrogens (tertiary/aromatic N) is 2. The van der Waals surface area contributed by atoms with E-state index < -0.39 is 6.16 Å². The summed E-state index contributed by atoms with van der Waals surface area (Å²) in [6.45, 7) is 8.63. The van der Waals surface area contributed by atoms with Crippen LogP contribution in [0.3, 0.4) is 0 Å². The van der Waals surface area contributed by atoms with E-state index in [1.54, 1.807) is 0 Å². The third-order valence-corrected chi connectivity index (χ3v) is 6.42. The molecule has 0 radical (unpaired) electrons. The van der Waals surface area contributed by atoms with Crippen LogP contribution in [0.4, 0.5) is 4.79 Å². The van der Waals surface area contributed by atoms with Gasteiger partial charge in [0.25, 0.3) is 0 Å². The number of fused-ring (bicyclic) bond motifs is 1. The minimum Gasteiger partial charge on any atom is -0.457 e. The van der Waals surface area contributed by atoms with Gasteiger partial charge >= 0.3 is 6.16 Å². The van der Waals surface area contributed by atoms with Crippen LogP contribution in [0.1, 0.15) is 56.6 Å². The van der Waals surface area contributed by atoms with Crippen LogP contribution in [-0.4, -0.2) is 69.6 Å². The SMILES string of the molecule is CC1c2cccc(OCOC(=O)OCCN3CCCCC3)c2C(CCN(C)C)=C[C@H]1C.